The predicted molar refractivity (Wildman–Crippen MR) is 131 cm³/mol. The van der Waals surface area contributed by atoms with Gasteiger partial charge in [-0.2, -0.15) is 0 Å². The van der Waals surface area contributed by atoms with E-state index in [0.29, 0.717) is 48.4 Å². The third-order valence-electron chi connectivity index (χ3n) is 8.97. The summed E-state index contributed by atoms with van der Waals surface area (Å²) in [7, 11) is 0. The lowest BCUT2D eigenvalue weighted by molar-refractivity contribution is -0.159. The van der Waals surface area contributed by atoms with Crippen LogP contribution in [0.4, 0.5) is 0 Å². The van der Waals surface area contributed by atoms with Gasteiger partial charge in [-0.05, 0) is 98.2 Å². The van der Waals surface area contributed by atoms with Crippen molar-refractivity contribution in [2.24, 2.45) is 23.2 Å². The van der Waals surface area contributed by atoms with Gasteiger partial charge in [0.05, 0.1) is 6.61 Å². The maximum Gasteiger partial charge on any atom is 0.344 e. The summed E-state index contributed by atoms with van der Waals surface area (Å²) in [5.41, 5.74) is 4.89. The van der Waals surface area contributed by atoms with Crippen molar-refractivity contribution in [3.8, 4) is 0 Å². The number of hydrogen-bond donors (Lipinski definition) is 0. The van der Waals surface area contributed by atoms with Gasteiger partial charge in [-0.25, -0.2) is 4.79 Å². The molecule has 4 atom stereocenters. The van der Waals surface area contributed by atoms with Gasteiger partial charge in [0.2, 0.25) is 0 Å². The molecule has 188 valence electrons. The highest BCUT2D eigenvalue weighted by molar-refractivity contribution is 5.93. The maximum absolute atomic E-state index is 12.0. The lowest BCUT2D eigenvalue weighted by Gasteiger charge is -2.47. The molecule has 4 aliphatic carbocycles. The van der Waals surface area contributed by atoms with Crippen LogP contribution in [0.2, 0.25) is 0 Å². The molecule has 0 N–H and O–H groups in total. The Kier molecular flexibility index (Phi) is 8.31. The Morgan fingerprint density at radius 3 is 2.74 bits per heavy atom. The van der Waals surface area contributed by atoms with Gasteiger partial charge in [-0.1, -0.05) is 38.7 Å². The minimum atomic E-state index is -0.436. The zero-order chi connectivity index (χ0) is 24.1. The van der Waals surface area contributed by atoms with Crippen LogP contribution in [0, 0.1) is 23.2 Å². The topological polar surface area (TPSA) is 69.7 Å². The van der Waals surface area contributed by atoms with Crippen LogP contribution in [-0.2, 0) is 23.9 Å². The number of unbranched alkanes of at least 4 members (excludes halogenated alkanes) is 3. The Bertz CT molecular complexity index is 853. The summed E-state index contributed by atoms with van der Waals surface area (Å²) in [6.07, 6.45) is 16.0. The van der Waals surface area contributed by atoms with Crippen LogP contribution in [0.15, 0.2) is 22.8 Å². The Morgan fingerprint density at radius 1 is 1.06 bits per heavy atom. The lowest BCUT2D eigenvalue weighted by atomic mass is 9.58. The number of fused-ring (bicyclic) bond motifs is 4. The Hall–Kier alpha value is -1.91. The molecule has 0 aliphatic heterocycles. The highest BCUT2D eigenvalue weighted by Gasteiger charge is 2.51. The molecule has 4 rings (SSSR count). The number of hydrogen-bond acceptors (Lipinski definition) is 5. The number of esters is 2. The third-order valence-corrected chi connectivity index (χ3v) is 8.97. The molecule has 0 saturated heterocycles. The van der Waals surface area contributed by atoms with Crippen LogP contribution in [0.1, 0.15) is 104 Å². The zero-order valence-corrected chi connectivity index (χ0v) is 21.2. The molecule has 0 bridgehead atoms. The van der Waals surface area contributed by atoms with Gasteiger partial charge < -0.3 is 9.47 Å². The SMILES string of the molecule is CCCCCCC(=O)OCC(=O)OCC[C@H]1C[C@H]2[C@@H]3CCC4=CC(=O)CCC4=C3CC[C@]2(C)C1. The molecule has 5 heteroatoms. The third kappa shape index (κ3) is 5.83. The molecule has 2 saturated carbocycles. The van der Waals surface area contributed by atoms with Crippen molar-refractivity contribution in [2.45, 2.75) is 104 Å². The monoisotopic (exact) mass is 470 g/mol. The molecule has 0 radical (unpaired) electrons. The van der Waals surface area contributed by atoms with Crippen LogP contribution in [0.3, 0.4) is 0 Å². The molecule has 2 fully saturated rings. The van der Waals surface area contributed by atoms with Gasteiger partial charge in [0.15, 0.2) is 12.4 Å². The first-order valence-electron chi connectivity index (χ1n) is 13.7. The molecule has 0 aromatic rings. The Balaban J connectivity index is 1.22. The second kappa shape index (κ2) is 11.2. The van der Waals surface area contributed by atoms with Gasteiger partial charge >= 0.3 is 11.9 Å². The summed E-state index contributed by atoms with van der Waals surface area (Å²) < 4.78 is 10.5. The van der Waals surface area contributed by atoms with Crippen molar-refractivity contribution in [1.29, 1.82) is 0 Å². The van der Waals surface area contributed by atoms with Crippen molar-refractivity contribution < 1.29 is 23.9 Å². The number of carbonyl (C=O) groups is 3. The van der Waals surface area contributed by atoms with E-state index >= 15 is 0 Å². The summed E-state index contributed by atoms with van der Waals surface area (Å²) in [6.45, 7) is 4.75. The fraction of sp³-hybridized carbons (Fsp3) is 0.759. The van der Waals surface area contributed by atoms with Gasteiger partial charge in [0.1, 0.15) is 0 Å². The fourth-order valence-corrected chi connectivity index (χ4v) is 7.25. The summed E-state index contributed by atoms with van der Waals surface area (Å²) in [5, 5.41) is 0. The van der Waals surface area contributed by atoms with E-state index in [9.17, 15) is 14.4 Å². The van der Waals surface area contributed by atoms with Crippen molar-refractivity contribution in [2.75, 3.05) is 13.2 Å². The molecular weight excluding hydrogens is 428 g/mol. The van der Waals surface area contributed by atoms with E-state index < -0.39 is 5.97 Å². The highest BCUT2D eigenvalue weighted by atomic mass is 16.6. The molecule has 34 heavy (non-hydrogen) atoms. The van der Waals surface area contributed by atoms with E-state index in [4.69, 9.17) is 9.47 Å². The van der Waals surface area contributed by atoms with Crippen LogP contribution in [0.5, 0.6) is 0 Å². The average molecular weight is 471 g/mol. The highest BCUT2D eigenvalue weighted by Crippen LogP contribution is 2.61. The predicted octanol–water partition coefficient (Wildman–Crippen LogP) is 6.26. The van der Waals surface area contributed by atoms with E-state index in [1.807, 2.05) is 6.08 Å². The minimum absolute atomic E-state index is 0.269. The first-order valence-corrected chi connectivity index (χ1v) is 13.7. The molecule has 0 aromatic carbocycles. The fourth-order valence-electron chi connectivity index (χ4n) is 7.25. The number of ether oxygens (including phenoxy) is 2. The zero-order valence-electron chi connectivity index (χ0n) is 21.2. The molecule has 4 aliphatic rings. The molecule has 0 aromatic heterocycles. The van der Waals surface area contributed by atoms with E-state index in [1.54, 1.807) is 5.57 Å². The molecular formula is C29H42O5. The van der Waals surface area contributed by atoms with Gasteiger partial charge in [0, 0.05) is 12.8 Å². The summed E-state index contributed by atoms with van der Waals surface area (Å²) in [4.78, 5) is 35.6. The van der Waals surface area contributed by atoms with E-state index in [0.717, 1.165) is 44.9 Å². The second-order valence-electron chi connectivity index (χ2n) is 11.3. The van der Waals surface area contributed by atoms with Crippen LogP contribution >= 0.6 is 0 Å². The Morgan fingerprint density at radius 2 is 1.91 bits per heavy atom. The van der Waals surface area contributed by atoms with Crippen molar-refractivity contribution in [3.63, 3.8) is 0 Å². The molecule has 0 spiro atoms. The molecule has 0 amide bonds. The summed E-state index contributed by atoms with van der Waals surface area (Å²) >= 11 is 0. The van der Waals surface area contributed by atoms with Crippen LogP contribution in [0.25, 0.3) is 0 Å². The first kappa shape index (κ1) is 25.2. The average Bonchev–Trinajstić information content (AvgIpc) is 3.16. The van der Waals surface area contributed by atoms with E-state index in [2.05, 4.69) is 13.8 Å². The van der Waals surface area contributed by atoms with Crippen molar-refractivity contribution in [3.05, 3.63) is 22.8 Å². The number of rotatable bonds is 10. The standard InChI is InChI=1S/C29H42O5/c1-3-4-5-6-7-27(31)34-19-28(32)33-15-13-20-16-26-25-10-8-21-17-22(30)9-11-23(21)24(25)12-14-29(26,2)18-20/h17,20,25-26H,3-16,18-19H2,1-2H3/t20-,25+,26-,29+/m0/s1. The van der Waals surface area contributed by atoms with Gasteiger partial charge in [-0.3, -0.25) is 9.59 Å². The van der Waals surface area contributed by atoms with Crippen LogP contribution < -0.4 is 0 Å². The number of allylic oxidation sites excluding steroid dienone is 4. The summed E-state index contributed by atoms with van der Waals surface area (Å²) in [6, 6.07) is 0. The Labute approximate surface area is 204 Å². The second-order valence-corrected chi connectivity index (χ2v) is 11.3. The lowest BCUT2D eigenvalue weighted by Crippen LogP contribution is -2.36. The minimum Gasteiger partial charge on any atom is -0.463 e. The smallest absolute Gasteiger partial charge is 0.344 e. The van der Waals surface area contributed by atoms with Gasteiger partial charge in [-0.15, -0.1) is 0 Å². The van der Waals surface area contributed by atoms with Crippen LogP contribution in [-0.4, -0.2) is 30.9 Å². The van der Waals surface area contributed by atoms with Crippen molar-refractivity contribution >= 4 is 17.7 Å². The van der Waals surface area contributed by atoms with Crippen molar-refractivity contribution in [1.82, 2.24) is 0 Å². The molecule has 5 nitrogen and oxygen atoms in total. The maximum atomic E-state index is 12.0. The number of ketones is 1. The molecule has 0 unspecified atom stereocenters. The van der Waals surface area contributed by atoms with E-state index in [1.165, 1.54) is 43.3 Å². The first-order chi connectivity index (χ1) is 16.4. The number of carbonyl (C=O) groups excluding carboxylic acids is 3. The normalized spacial score (nSPS) is 30.2. The van der Waals surface area contributed by atoms with E-state index in [-0.39, 0.29) is 12.6 Å². The molecule has 0 heterocycles. The quantitative estimate of drug-likeness (QED) is 0.279. The summed E-state index contributed by atoms with van der Waals surface area (Å²) in [5.74, 6) is 1.52. The van der Waals surface area contributed by atoms with Gasteiger partial charge in [0.25, 0.3) is 0 Å². The largest absolute Gasteiger partial charge is 0.463 e.